The van der Waals surface area contributed by atoms with Crippen molar-refractivity contribution >= 4 is 11.8 Å². The first-order valence-corrected chi connectivity index (χ1v) is 9.45. The van der Waals surface area contributed by atoms with Crippen LogP contribution >= 0.6 is 11.8 Å². The van der Waals surface area contributed by atoms with Gasteiger partial charge in [0.2, 0.25) is 5.89 Å². The Morgan fingerprint density at radius 1 is 1.35 bits per heavy atom. The number of aryl methyl sites for hydroxylation is 1. The molecule has 5 heteroatoms. The summed E-state index contributed by atoms with van der Waals surface area (Å²) in [6.45, 7) is 5.84. The van der Waals surface area contributed by atoms with E-state index in [1.165, 1.54) is 17.7 Å². The lowest BCUT2D eigenvalue weighted by molar-refractivity contribution is 0.169. The van der Waals surface area contributed by atoms with Crippen LogP contribution in [0.25, 0.3) is 11.5 Å². The van der Waals surface area contributed by atoms with Gasteiger partial charge in [-0.2, -0.15) is 0 Å². The van der Waals surface area contributed by atoms with Crippen molar-refractivity contribution in [3.05, 3.63) is 35.7 Å². The smallest absolute Gasteiger partial charge is 0.226 e. The molecular formula is C18H25N3OS. The Morgan fingerprint density at radius 2 is 2.13 bits per heavy atom. The van der Waals surface area contributed by atoms with E-state index in [9.17, 15) is 0 Å². The molecule has 0 saturated carbocycles. The molecule has 0 radical (unpaired) electrons. The molecule has 1 aliphatic rings. The van der Waals surface area contributed by atoms with Crippen LogP contribution in [0.4, 0.5) is 0 Å². The van der Waals surface area contributed by atoms with Gasteiger partial charge in [-0.3, -0.25) is 4.90 Å². The standard InChI is InChI=1S/C18H25N3OS/c1-13-17(12-21-9-3-4-14(10-19)11-21)20-18(22-13)15-5-7-16(23-2)8-6-15/h5-8,14H,3-4,9-12,19H2,1-2H3/t14-/m1/s1. The molecule has 0 bridgehead atoms. The van der Waals surface area contributed by atoms with Gasteiger partial charge in [0, 0.05) is 23.5 Å². The fourth-order valence-electron chi connectivity index (χ4n) is 3.13. The zero-order chi connectivity index (χ0) is 16.2. The topological polar surface area (TPSA) is 55.3 Å². The zero-order valence-electron chi connectivity index (χ0n) is 13.9. The number of piperidine rings is 1. The molecule has 0 amide bonds. The van der Waals surface area contributed by atoms with Gasteiger partial charge in [-0.15, -0.1) is 11.8 Å². The molecule has 124 valence electrons. The Balaban J connectivity index is 1.72. The maximum absolute atomic E-state index is 5.90. The predicted molar refractivity (Wildman–Crippen MR) is 95.5 cm³/mol. The molecule has 1 atom stereocenters. The number of benzene rings is 1. The van der Waals surface area contributed by atoms with E-state index in [0.717, 1.165) is 49.1 Å². The van der Waals surface area contributed by atoms with Gasteiger partial charge in [0.05, 0.1) is 5.69 Å². The molecule has 0 aliphatic carbocycles. The normalized spacial score (nSPS) is 19.2. The van der Waals surface area contributed by atoms with Crippen molar-refractivity contribution in [2.45, 2.75) is 31.2 Å². The van der Waals surface area contributed by atoms with E-state index in [0.29, 0.717) is 5.92 Å². The third-order valence-corrected chi connectivity index (χ3v) is 5.28. The van der Waals surface area contributed by atoms with Crippen LogP contribution in [0.2, 0.25) is 0 Å². The average molecular weight is 331 g/mol. The summed E-state index contributed by atoms with van der Waals surface area (Å²) in [5.41, 5.74) is 7.92. The molecule has 3 rings (SSSR count). The summed E-state index contributed by atoms with van der Waals surface area (Å²) in [4.78, 5) is 8.43. The van der Waals surface area contributed by atoms with Gasteiger partial charge >= 0.3 is 0 Å². The van der Waals surface area contributed by atoms with Gasteiger partial charge in [0.1, 0.15) is 5.76 Å². The molecule has 4 nitrogen and oxygen atoms in total. The van der Waals surface area contributed by atoms with Crippen LogP contribution in [0.15, 0.2) is 33.6 Å². The summed E-state index contributed by atoms with van der Waals surface area (Å²) in [5.74, 6) is 2.26. The Hall–Kier alpha value is -1.30. The van der Waals surface area contributed by atoms with Gasteiger partial charge in [0.15, 0.2) is 0 Å². The van der Waals surface area contributed by atoms with E-state index in [1.54, 1.807) is 11.8 Å². The maximum Gasteiger partial charge on any atom is 0.226 e. The van der Waals surface area contributed by atoms with Gasteiger partial charge in [0.25, 0.3) is 0 Å². The van der Waals surface area contributed by atoms with Crippen LogP contribution in [-0.4, -0.2) is 35.8 Å². The first-order chi connectivity index (χ1) is 11.2. The largest absolute Gasteiger partial charge is 0.441 e. The fraction of sp³-hybridized carbons (Fsp3) is 0.500. The van der Waals surface area contributed by atoms with Crippen molar-refractivity contribution < 1.29 is 4.42 Å². The number of oxazole rings is 1. The first kappa shape index (κ1) is 16.6. The van der Waals surface area contributed by atoms with Gasteiger partial charge < -0.3 is 10.2 Å². The summed E-state index contributed by atoms with van der Waals surface area (Å²) in [6, 6.07) is 8.36. The minimum atomic E-state index is 0.620. The number of aromatic nitrogens is 1. The van der Waals surface area contributed by atoms with Crippen LogP contribution in [0.5, 0.6) is 0 Å². The zero-order valence-corrected chi connectivity index (χ0v) is 14.7. The van der Waals surface area contributed by atoms with E-state index in [-0.39, 0.29) is 0 Å². The lowest BCUT2D eigenvalue weighted by atomic mass is 9.98. The highest BCUT2D eigenvalue weighted by molar-refractivity contribution is 7.98. The van der Waals surface area contributed by atoms with Crippen LogP contribution in [0.1, 0.15) is 24.3 Å². The Labute approximate surface area is 142 Å². The van der Waals surface area contributed by atoms with E-state index < -0.39 is 0 Å². The first-order valence-electron chi connectivity index (χ1n) is 8.22. The van der Waals surface area contributed by atoms with Gasteiger partial charge in [-0.05, 0) is 69.3 Å². The molecule has 2 N–H and O–H groups in total. The van der Waals surface area contributed by atoms with Crippen molar-refractivity contribution in [1.29, 1.82) is 0 Å². The molecule has 1 fully saturated rings. The van der Waals surface area contributed by atoms with Gasteiger partial charge in [-0.25, -0.2) is 4.98 Å². The summed E-state index contributed by atoms with van der Waals surface area (Å²) >= 11 is 1.74. The second-order valence-corrected chi connectivity index (χ2v) is 7.11. The highest BCUT2D eigenvalue weighted by Crippen LogP contribution is 2.26. The van der Waals surface area contributed by atoms with E-state index in [4.69, 9.17) is 15.1 Å². The number of hydrogen-bond donors (Lipinski definition) is 1. The highest BCUT2D eigenvalue weighted by Gasteiger charge is 2.21. The monoisotopic (exact) mass is 331 g/mol. The Bertz CT molecular complexity index is 638. The van der Waals surface area contributed by atoms with Crippen LogP contribution < -0.4 is 5.73 Å². The van der Waals surface area contributed by atoms with Crippen molar-refractivity contribution in [1.82, 2.24) is 9.88 Å². The molecule has 1 aromatic carbocycles. The molecule has 0 unspecified atom stereocenters. The maximum atomic E-state index is 5.90. The van der Waals surface area contributed by atoms with Crippen LogP contribution in [-0.2, 0) is 6.54 Å². The lowest BCUT2D eigenvalue weighted by Crippen LogP contribution is -2.38. The molecule has 1 aromatic heterocycles. The molecule has 1 aliphatic heterocycles. The SMILES string of the molecule is CSc1ccc(-c2nc(CN3CCC[C@H](CN)C3)c(C)o2)cc1. The number of nitrogens with zero attached hydrogens (tertiary/aromatic N) is 2. The molecule has 2 heterocycles. The minimum absolute atomic E-state index is 0.620. The third kappa shape index (κ3) is 3.97. The fourth-order valence-corrected chi connectivity index (χ4v) is 3.54. The quantitative estimate of drug-likeness (QED) is 0.849. The van der Waals surface area contributed by atoms with Crippen LogP contribution in [0, 0.1) is 12.8 Å². The van der Waals surface area contributed by atoms with Crippen molar-refractivity contribution in [2.75, 3.05) is 25.9 Å². The van der Waals surface area contributed by atoms with E-state index in [1.807, 2.05) is 6.92 Å². The Kier molecular flexibility index (Phi) is 5.41. The lowest BCUT2D eigenvalue weighted by Gasteiger charge is -2.31. The number of hydrogen-bond acceptors (Lipinski definition) is 5. The second kappa shape index (κ2) is 7.51. The second-order valence-electron chi connectivity index (χ2n) is 6.23. The van der Waals surface area contributed by atoms with Crippen LogP contribution in [0.3, 0.4) is 0 Å². The van der Waals surface area contributed by atoms with Crippen molar-refractivity contribution in [3.8, 4) is 11.5 Å². The summed E-state index contributed by atoms with van der Waals surface area (Å²) in [5, 5.41) is 0. The average Bonchev–Trinajstić information content (AvgIpc) is 2.96. The minimum Gasteiger partial charge on any atom is -0.441 e. The number of likely N-dealkylation sites (tertiary alicyclic amines) is 1. The third-order valence-electron chi connectivity index (χ3n) is 4.54. The Morgan fingerprint density at radius 3 is 2.83 bits per heavy atom. The van der Waals surface area contributed by atoms with E-state index in [2.05, 4.69) is 35.4 Å². The molecular weight excluding hydrogens is 306 g/mol. The molecule has 0 spiro atoms. The number of thioether (sulfide) groups is 1. The molecule has 1 saturated heterocycles. The van der Waals surface area contributed by atoms with Gasteiger partial charge in [-0.1, -0.05) is 0 Å². The van der Waals surface area contributed by atoms with E-state index >= 15 is 0 Å². The van der Waals surface area contributed by atoms with Crippen molar-refractivity contribution in [2.24, 2.45) is 11.7 Å². The predicted octanol–water partition coefficient (Wildman–Crippen LogP) is 3.54. The summed E-state index contributed by atoms with van der Waals surface area (Å²) < 4.78 is 5.90. The number of rotatable bonds is 5. The van der Waals surface area contributed by atoms with Crippen molar-refractivity contribution in [3.63, 3.8) is 0 Å². The molecule has 2 aromatic rings. The summed E-state index contributed by atoms with van der Waals surface area (Å²) in [6.07, 6.45) is 4.55. The summed E-state index contributed by atoms with van der Waals surface area (Å²) in [7, 11) is 0. The molecule has 23 heavy (non-hydrogen) atoms. The number of nitrogens with two attached hydrogens (primary N) is 1. The highest BCUT2D eigenvalue weighted by atomic mass is 32.2.